The zero-order valence-electron chi connectivity index (χ0n) is 23.0. The molecular weight excluding hydrogens is 664 g/mol. The van der Waals surface area contributed by atoms with Crippen molar-refractivity contribution in [1.82, 2.24) is 21.3 Å². The topological polar surface area (TPSA) is 172 Å². The maximum absolute atomic E-state index is 11.8. The lowest BCUT2D eigenvalue weighted by atomic mass is 10.4. The van der Waals surface area contributed by atoms with Gasteiger partial charge in [0.15, 0.2) is 0 Å². The van der Waals surface area contributed by atoms with Crippen molar-refractivity contribution in [3.63, 3.8) is 0 Å². The Bertz CT molecular complexity index is 611. The molecule has 234 valence electrons. The molecule has 0 aliphatic rings. The lowest BCUT2D eigenvalue weighted by Crippen LogP contribution is -2.29. The van der Waals surface area contributed by atoms with Crippen molar-refractivity contribution in [2.75, 3.05) is 116 Å². The van der Waals surface area contributed by atoms with E-state index in [1.54, 1.807) is 0 Å². The van der Waals surface area contributed by atoms with Gasteiger partial charge in [-0.05, 0) is 0 Å². The highest BCUT2D eigenvalue weighted by Crippen LogP contribution is 1.88. The fourth-order valence-corrected chi connectivity index (χ4v) is 3.01. The normalized spacial score (nSPS) is 10.8. The Kier molecular flexibility index (Phi) is 29.5. The molecule has 0 radical (unpaired) electrons. The minimum absolute atomic E-state index is 0.0864. The van der Waals surface area contributed by atoms with Crippen LogP contribution in [0.3, 0.4) is 0 Å². The monoisotopic (exact) mass is 706 g/mol. The highest BCUT2D eigenvalue weighted by atomic mass is 79.9. The van der Waals surface area contributed by atoms with Gasteiger partial charge in [-0.25, -0.2) is 0 Å². The summed E-state index contributed by atoms with van der Waals surface area (Å²) in [4.78, 5) is 45.5. The molecule has 0 aliphatic carbocycles. The van der Waals surface area contributed by atoms with Gasteiger partial charge in [0.25, 0.3) is 0 Å². The van der Waals surface area contributed by atoms with Crippen LogP contribution in [-0.2, 0) is 47.6 Å². The summed E-state index contributed by atoms with van der Waals surface area (Å²) in [7, 11) is 0. The molecule has 0 rings (SSSR count). The first-order chi connectivity index (χ1) is 19.5. The molecule has 0 heterocycles. The fraction of sp³-hybridized carbons (Fsp3) is 0.833. The molecule has 0 bridgehead atoms. The number of rotatable bonds is 29. The predicted octanol–water partition coefficient (Wildman–Crippen LogP) is -0.879. The number of amides is 4. The Hall–Kier alpha value is -1.40. The molecule has 0 aromatic heterocycles. The summed E-state index contributed by atoms with van der Waals surface area (Å²) in [6, 6.07) is 0. The summed E-state index contributed by atoms with van der Waals surface area (Å²) >= 11 is 6.11. The van der Waals surface area contributed by atoms with Gasteiger partial charge >= 0.3 is 0 Å². The first-order valence-corrected chi connectivity index (χ1v) is 15.4. The molecule has 0 unspecified atom stereocenters. The van der Waals surface area contributed by atoms with E-state index in [4.69, 9.17) is 28.4 Å². The van der Waals surface area contributed by atoms with Gasteiger partial charge in [0.05, 0.1) is 89.9 Å². The van der Waals surface area contributed by atoms with Crippen molar-refractivity contribution in [3.05, 3.63) is 0 Å². The van der Waals surface area contributed by atoms with Crippen molar-refractivity contribution >= 4 is 55.5 Å². The van der Waals surface area contributed by atoms with Crippen LogP contribution in [0, 0.1) is 0 Å². The first kappa shape index (κ1) is 38.6. The molecule has 40 heavy (non-hydrogen) atoms. The van der Waals surface area contributed by atoms with Crippen LogP contribution in [0.1, 0.15) is 12.8 Å². The minimum atomic E-state index is -0.132. The lowest BCUT2D eigenvalue weighted by molar-refractivity contribution is -0.124. The third-order valence-electron chi connectivity index (χ3n) is 4.58. The van der Waals surface area contributed by atoms with E-state index >= 15 is 0 Å². The van der Waals surface area contributed by atoms with Gasteiger partial charge in [0.1, 0.15) is 0 Å². The van der Waals surface area contributed by atoms with Gasteiger partial charge in [-0.15, -0.1) is 0 Å². The Morgan fingerprint density at radius 3 is 0.900 bits per heavy atom. The van der Waals surface area contributed by atoms with E-state index in [9.17, 15) is 19.2 Å². The Balaban J connectivity index is 3.30. The van der Waals surface area contributed by atoms with Crippen molar-refractivity contribution in [3.8, 4) is 0 Å². The van der Waals surface area contributed by atoms with Crippen LogP contribution in [0.4, 0.5) is 0 Å². The number of ether oxygens (including phenoxy) is 6. The molecule has 0 spiro atoms. The highest BCUT2D eigenvalue weighted by molar-refractivity contribution is 9.09. The van der Waals surface area contributed by atoms with Gasteiger partial charge in [0, 0.05) is 39.0 Å². The highest BCUT2D eigenvalue weighted by Gasteiger charge is 2.03. The fourth-order valence-electron chi connectivity index (χ4n) is 2.62. The number of carbonyl (C=O) groups excluding carboxylic acids is 4. The van der Waals surface area contributed by atoms with Crippen molar-refractivity contribution in [2.45, 2.75) is 12.8 Å². The quantitative estimate of drug-likeness (QED) is 0.0566. The average molecular weight is 708 g/mol. The summed E-state index contributed by atoms with van der Waals surface area (Å²) in [6.45, 7) is 6.10. The number of alkyl halides is 2. The molecule has 0 saturated carbocycles. The van der Waals surface area contributed by atoms with Crippen LogP contribution >= 0.6 is 31.9 Å². The molecule has 14 nitrogen and oxygen atoms in total. The maximum atomic E-state index is 11.8. The van der Waals surface area contributed by atoms with Gasteiger partial charge in [-0.3, -0.25) is 19.2 Å². The molecule has 0 fully saturated rings. The van der Waals surface area contributed by atoms with Crippen LogP contribution < -0.4 is 21.3 Å². The molecule has 4 amide bonds. The van der Waals surface area contributed by atoms with Gasteiger partial charge < -0.3 is 49.7 Å². The number of hydrogen-bond acceptors (Lipinski definition) is 10. The Morgan fingerprint density at radius 2 is 0.625 bits per heavy atom. The summed E-state index contributed by atoms with van der Waals surface area (Å²) in [5, 5.41) is 11.3. The molecule has 0 aliphatic heterocycles. The van der Waals surface area contributed by atoms with Crippen molar-refractivity contribution in [2.24, 2.45) is 0 Å². The molecule has 4 N–H and O–H groups in total. The van der Waals surface area contributed by atoms with Crippen LogP contribution in [0.5, 0.6) is 0 Å². The summed E-state index contributed by atoms with van der Waals surface area (Å²) < 4.78 is 32.1. The van der Waals surface area contributed by atoms with E-state index in [2.05, 4.69) is 53.1 Å². The van der Waals surface area contributed by atoms with E-state index < -0.39 is 0 Å². The van der Waals surface area contributed by atoms with Gasteiger partial charge in [-0.2, -0.15) is 0 Å². The largest absolute Gasteiger partial charge is 0.379 e. The zero-order chi connectivity index (χ0) is 29.5. The molecular formula is C24H44Br2N4O10. The van der Waals surface area contributed by atoms with Crippen LogP contribution in [0.25, 0.3) is 0 Å². The molecule has 0 aromatic carbocycles. The third-order valence-corrected chi connectivity index (χ3v) is 5.60. The van der Waals surface area contributed by atoms with Crippen LogP contribution in [0.2, 0.25) is 0 Å². The van der Waals surface area contributed by atoms with E-state index in [1.165, 1.54) is 0 Å². The summed E-state index contributed by atoms with van der Waals surface area (Å²) in [6.07, 6.45) is 0.463. The second kappa shape index (κ2) is 30.6. The predicted molar refractivity (Wildman–Crippen MR) is 154 cm³/mol. The second-order valence-electron chi connectivity index (χ2n) is 7.84. The standard InChI is InChI=1S/C24H44Br2N4O10/c25-19-23(33)29-5-11-39-17-15-37-9-3-27-21(31)1-7-35-13-14-36-8-2-22(32)28-4-10-38-16-18-40-12-6-30-24(34)20-26/h1-20H2,(H,27,31)(H,28,32)(H,29,33)(H,30,34). The molecule has 0 aromatic rings. The number of hydrogen-bond donors (Lipinski definition) is 4. The molecule has 0 atom stereocenters. The Morgan fingerprint density at radius 1 is 0.375 bits per heavy atom. The number of nitrogens with one attached hydrogen (secondary N) is 4. The average Bonchev–Trinajstić information content (AvgIpc) is 2.95. The SMILES string of the molecule is O=C(CBr)NCCOCCOCCNC(=O)CCOCCOCCC(=O)NCCOCCOCCNC(=O)CBr. The maximum Gasteiger partial charge on any atom is 0.230 e. The van der Waals surface area contributed by atoms with Gasteiger partial charge in [-0.1, -0.05) is 31.9 Å². The number of halogens is 2. The second-order valence-corrected chi connectivity index (χ2v) is 8.96. The lowest BCUT2D eigenvalue weighted by Gasteiger charge is -2.09. The minimum Gasteiger partial charge on any atom is -0.379 e. The van der Waals surface area contributed by atoms with Gasteiger partial charge in [0.2, 0.25) is 23.6 Å². The number of carbonyl (C=O) groups is 4. The third kappa shape index (κ3) is 29.6. The van der Waals surface area contributed by atoms with E-state index in [0.29, 0.717) is 92.2 Å². The van der Waals surface area contributed by atoms with E-state index in [-0.39, 0.29) is 60.3 Å². The molecule has 0 saturated heterocycles. The van der Waals surface area contributed by atoms with Crippen LogP contribution in [-0.4, -0.2) is 140 Å². The molecule has 16 heteroatoms. The van der Waals surface area contributed by atoms with E-state index in [1.807, 2.05) is 0 Å². The zero-order valence-corrected chi connectivity index (χ0v) is 26.2. The van der Waals surface area contributed by atoms with E-state index in [0.717, 1.165) is 0 Å². The summed E-state index contributed by atoms with van der Waals surface area (Å²) in [5.41, 5.74) is 0. The smallest absolute Gasteiger partial charge is 0.230 e. The first-order valence-electron chi connectivity index (χ1n) is 13.1. The Labute approximate surface area is 252 Å². The summed E-state index contributed by atoms with van der Waals surface area (Å²) in [5.74, 6) is -0.437. The van der Waals surface area contributed by atoms with Crippen molar-refractivity contribution < 1.29 is 47.6 Å². The van der Waals surface area contributed by atoms with Crippen molar-refractivity contribution in [1.29, 1.82) is 0 Å². The van der Waals surface area contributed by atoms with Crippen LogP contribution in [0.15, 0.2) is 0 Å².